The van der Waals surface area contributed by atoms with Gasteiger partial charge in [-0.2, -0.15) is 0 Å². The number of hydrogen-bond acceptors (Lipinski definition) is 4. The monoisotopic (exact) mass is 194 g/mol. The van der Waals surface area contributed by atoms with Gasteiger partial charge in [0.25, 0.3) is 0 Å². The molecule has 0 aliphatic heterocycles. The molecule has 0 radical (unpaired) electrons. The molecule has 1 fully saturated rings. The minimum atomic E-state index is -2.38. The summed E-state index contributed by atoms with van der Waals surface area (Å²) in [5.41, 5.74) is 0. The Morgan fingerprint density at radius 1 is 1.50 bits per heavy atom. The SMILES string of the molecule is CO[PH](=O)OC1CC(C)CC1O. The molecule has 0 saturated heterocycles. The van der Waals surface area contributed by atoms with Gasteiger partial charge in [-0.05, 0) is 18.8 Å². The van der Waals surface area contributed by atoms with Crippen LogP contribution in [0.4, 0.5) is 0 Å². The van der Waals surface area contributed by atoms with Crippen molar-refractivity contribution in [3.05, 3.63) is 0 Å². The first-order valence-corrected chi connectivity index (χ1v) is 5.28. The van der Waals surface area contributed by atoms with E-state index in [0.717, 1.165) is 12.8 Å². The summed E-state index contributed by atoms with van der Waals surface area (Å²) in [5.74, 6) is 0.441. The van der Waals surface area contributed by atoms with Gasteiger partial charge >= 0.3 is 8.25 Å². The van der Waals surface area contributed by atoms with Gasteiger partial charge in [-0.25, -0.2) is 0 Å². The van der Waals surface area contributed by atoms with Crippen molar-refractivity contribution >= 4 is 8.25 Å². The fraction of sp³-hybridized carbons (Fsp3) is 1.00. The summed E-state index contributed by atoms with van der Waals surface area (Å²) in [5, 5.41) is 9.40. The van der Waals surface area contributed by atoms with Gasteiger partial charge in [0.1, 0.15) is 0 Å². The summed E-state index contributed by atoms with van der Waals surface area (Å²) in [6, 6.07) is 0. The summed E-state index contributed by atoms with van der Waals surface area (Å²) >= 11 is 0. The third-order valence-corrected chi connectivity index (χ3v) is 2.95. The molecule has 1 N–H and O–H groups in total. The van der Waals surface area contributed by atoms with E-state index < -0.39 is 14.4 Å². The molecule has 4 unspecified atom stereocenters. The molecule has 1 rings (SSSR count). The molecular formula is C7H15O4P. The van der Waals surface area contributed by atoms with Crippen LogP contribution in [0.3, 0.4) is 0 Å². The number of aliphatic hydroxyl groups is 1. The van der Waals surface area contributed by atoms with Gasteiger partial charge < -0.3 is 14.2 Å². The molecule has 1 aliphatic carbocycles. The third kappa shape index (κ3) is 2.56. The zero-order valence-corrected chi connectivity index (χ0v) is 8.32. The quantitative estimate of drug-likeness (QED) is 0.686. The van der Waals surface area contributed by atoms with Gasteiger partial charge in [0, 0.05) is 7.11 Å². The number of aliphatic hydroxyl groups excluding tert-OH is 1. The van der Waals surface area contributed by atoms with Crippen LogP contribution in [0.25, 0.3) is 0 Å². The Morgan fingerprint density at radius 2 is 2.17 bits per heavy atom. The zero-order valence-electron chi connectivity index (χ0n) is 7.32. The van der Waals surface area contributed by atoms with E-state index in [0.29, 0.717) is 5.92 Å². The Hall–Kier alpha value is 0.110. The normalized spacial score (nSPS) is 38.4. The molecule has 5 heteroatoms. The van der Waals surface area contributed by atoms with Gasteiger partial charge in [-0.15, -0.1) is 0 Å². The molecule has 12 heavy (non-hydrogen) atoms. The van der Waals surface area contributed by atoms with Crippen molar-refractivity contribution < 1.29 is 18.7 Å². The predicted molar refractivity (Wildman–Crippen MR) is 45.3 cm³/mol. The van der Waals surface area contributed by atoms with E-state index in [2.05, 4.69) is 4.52 Å². The highest BCUT2D eigenvalue weighted by Crippen LogP contribution is 2.35. The molecule has 0 aromatic rings. The fourth-order valence-electron chi connectivity index (χ4n) is 1.51. The Labute approximate surface area is 72.8 Å². The smallest absolute Gasteiger partial charge is 0.319 e. The van der Waals surface area contributed by atoms with E-state index in [9.17, 15) is 9.67 Å². The van der Waals surface area contributed by atoms with Gasteiger partial charge in [0.15, 0.2) is 0 Å². The number of hydrogen-bond donors (Lipinski definition) is 1. The second-order valence-corrected chi connectivity index (χ2v) is 4.40. The maximum Gasteiger partial charge on any atom is 0.319 e. The molecule has 0 aromatic heterocycles. The Kier molecular flexibility index (Phi) is 3.72. The molecule has 0 spiro atoms. The summed E-state index contributed by atoms with van der Waals surface area (Å²) < 4.78 is 20.4. The molecule has 0 amide bonds. The molecule has 1 aliphatic rings. The first-order valence-electron chi connectivity index (χ1n) is 4.06. The van der Waals surface area contributed by atoms with Gasteiger partial charge in [-0.1, -0.05) is 6.92 Å². The summed E-state index contributed by atoms with van der Waals surface area (Å²) in [7, 11) is -1.04. The van der Waals surface area contributed by atoms with Crippen molar-refractivity contribution in [2.24, 2.45) is 5.92 Å². The van der Waals surface area contributed by atoms with E-state index >= 15 is 0 Å². The van der Waals surface area contributed by atoms with Crippen LogP contribution in [0.2, 0.25) is 0 Å². The van der Waals surface area contributed by atoms with E-state index in [1.807, 2.05) is 6.92 Å². The fourth-order valence-corrected chi connectivity index (χ4v) is 2.11. The maximum atomic E-state index is 10.8. The average molecular weight is 194 g/mol. The van der Waals surface area contributed by atoms with Crippen LogP contribution in [-0.4, -0.2) is 24.4 Å². The molecule has 0 bridgehead atoms. The highest BCUT2D eigenvalue weighted by molar-refractivity contribution is 7.33. The van der Waals surface area contributed by atoms with Crippen molar-refractivity contribution in [2.45, 2.75) is 32.0 Å². The second-order valence-electron chi connectivity index (χ2n) is 3.25. The van der Waals surface area contributed by atoms with Crippen molar-refractivity contribution in [2.75, 3.05) is 7.11 Å². The molecule has 4 atom stereocenters. The molecule has 0 heterocycles. The average Bonchev–Trinajstić information content (AvgIpc) is 2.30. The highest BCUT2D eigenvalue weighted by Gasteiger charge is 2.32. The molecule has 1 saturated carbocycles. The molecular weight excluding hydrogens is 179 g/mol. The largest absolute Gasteiger partial charge is 0.390 e. The lowest BCUT2D eigenvalue weighted by Gasteiger charge is -2.13. The Bertz CT molecular complexity index is 173. The lowest BCUT2D eigenvalue weighted by molar-refractivity contribution is 0.0555. The first kappa shape index (κ1) is 10.2. The highest BCUT2D eigenvalue weighted by atomic mass is 31.1. The Morgan fingerprint density at radius 3 is 2.58 bits per heavy atom. The lowest BCUT2D eigenvalue weighted by Crippen LogP contribution is -2.19. The van der Waals surface area contributed by atoms with Crippen LogP contribution >= 0.6 is 8.25 Å². The van der Waals surface area contributed by atoms with Crippen LogP contribution < -0.4 is 0 Å². The van der Waals surface area contributed by atoms with E-state index in [1.165, 1.54) is 7.11 Å². The topological polar surface area (TPSA) is 55.8 Å². The first-order chi connectivity index (χ1) is 5.63. The standard InChI is InChI=1S/C7H15O4P/c1-5-3-6(8)7(4-5)11-12(9)10-2/h5-8,12H,3-4H2,1-2H3. The summed E-state index contributed by atoms with van der Waals surface area (Å²) in [6.07, 6.45) is 0.709. The van der Waals surface area contributed by atoms with Gasteiger partial charge in [0.2, 0.25) is 0 Å². The van der Waals surface area contributed by atoms with E-state index in [1.54, 1.807) is 0 Å². The summed E-state index contributed by atoms with van der Waals surface area (Å²) in [6.45, 7) is 2.04. The van der Waals surface area contributed by atoms with Crippen molar-refractivity contribution in [3.8, 4) is 0 Å². The predicted octanol–water partition coefficient (Wildman–Crippen LogP) is 1.20. The third-order valence-electron chi connectivity index (χ3n) is 2.12. The second kappa shape index (κ2) is 4.38. The van der Waals surface area contributed by atoms with Crippen LogP contribution in [-0.2, 0) is 13.6 Å². The molecule has 0 aromatic carbocycles. The van der Waals surface area contributed by atoms with Crippen LogP contribution in [0, 0.1) is 5.92 Å². The minimum Gasteiger partial charge on any atom is -0.390 e. The lowest BCUT2D eigenvalue weighted by atomic mass is 10.1. The van der Waals surface area contributed by atoms with Gasteiger partial charge in [-0.3, -0.25) is 4.57 Å². The minimum absolute atomic E-state index is 0.300. The molecule has 72 valence electrons. The van der Waals surface area contributed by atoms with Gasteiger partial charge in [0.05, 0.1) is 12.2 Å². The van der Waals surface area contributed by atoms with Crippen molar-refractivity contribution in [1.29, 1.82) is 0 Å². The van der Waals surface area contributed by atoms with Crippen LogP contribution in [0.5, 0.6) is 0 Å². The number of rotatable bonds is 3. The van der Waals surface area contributed by atoms with E-state index in [4.69, 9.17) is 4.52 Å². The van der Waals surface area contributed by atoms with E-state index in [-0.39, 0.29) is 6.10 Å². The maximum absolute atomic E-state index is 10.8. The summed E-state index contributed by atoms with van der Waals surface area (Å²) in [4.78, 5) is 0. The van der Waals surface area contributed by atoms with Crippen LogP contribution in [0.15, 0.2) is 0 Å². The zero-order chi connectivity index (χ0) is 9.14. The van der Waals surface area contributed by atoms with Crippen molar-refractivity contribution in [1.82, 2.24) is 0 Å². The molecule has 4 nitrogen and oxygen atoms in total. The van der Waals surface area contributed by atoms with Crippen molar-refractivity contribution in [3.63, 3.8) is 0 Å². The Balaban J connectivity index is 2.37. The van der Waals surface area contributed by atoms with Crippen LogP contribution in [0.1, 0.15) is 19.8 Å².